The molecule has 1 atom stereocenters. The van der Waals surface area contributed by atoms with Crippen molar-refractivity contribution in [1.82, 2.24) is 4.90 Å². The van der Waals surface area contributed by atoms with Crippen molar-refractivity contribution in [3.05, 3.63) is 51.0 Å². The van der Waals surface area contributed by atoms with Crippen LogP contribution in [0.1, 0.15) is 12.7 Å². The zero-order chi connectivity index (χ0) is 19.7. The SMILES string of the molecule is COC(=O)C(C)N1C(=O)SC(=Cc2ccc(-c3ccc(Cl)cc3Cl)o2)C1=O. The van der Waals surface area contributed by atoms with Gasteiger partial charge in [-0.3, -0.25) is 14.5 Å². The number of methoxy groups -OCH3 is 1. The number of carbonyl (C=O) groups is 3. The predicted molar refractivity (Wildman–Crippen MR) is 103 cm³/mol. The molecule has 0 bridgehead atoms. The lowest BCUT2D eigenvalue weighted by molar-refractivity contribution is -0.148. The summed E-state index contributed by atoms with van der Waals surface area (Å²) in [5.41, 5.74) is 0.646. The summed E-state index contributed by atoms with van der Waals surface area (Å²) in [7, 11) is 1.19. The van der Waals surface area contributed by atoms with Crippen molar-refractivity contribution in [3.8, 4) is 11.3 Å². The van der Waals surface area contributed by atoms with Crippen molar-refractivity contribution < 1.29 is 23.5 Å². The number of carbonyl (C=O) groups excluding carboxylic acids is 3. The van der Waals surface area contributed by atoms with Gasteiger partial charge in [0.15, 0.2) is 0 Å². The lowest BCUT2D eigenvalue weighted by atomic mass is 10.2. The van der Waals surface area contributed by atoms with Crippen LogP contribution in [0.5, 0.6) is 0 Å². The fourth-order valence-electron chi connectivity index (χ4n) is 2.48. The second-order valence-corrected chi connectivity index (χ2v) is 7.41. The molecule has 0 radical (unpaired) electrons. The van der Waals surface area contributed by atoms with Gasteiger partial charge in [-0.15, -0.1) is 0 Å². The number of imide groups is 1. The zero-order valence-electron chi connectivity index (χ0n) is 14.2. The molecular formula is C18H13Cl2NO5S. The third kappa shape index (κ3) is 3.90. The Morgan fingerprint density at radius 2 is 2.00 bits per heavy atom. The highest BCUT2D eigenvalue weighted by Gasteiger charge is 2.41. The molecule has 1 fully saturated rings. The number of esters is 1. The van der Waals surface area contributed by atoms with E-state index in [9.17, 15) is 14.4 Å². The van der Waals surface area contributed by atoms with Crippen molar-refractivity contribution in [2.45, 2.75) is 13.0 Å². The molecule has 1 saturated heterocycles. The van der Waals surface area contributed by atoms with Crippen molar-refractivity contribution >= 4 is 58.2 Å². The van der Waals surface area contributed by atoms with E-state index in [-0.39, 0.29) is 4.91 Å². The fourth-order valence-corrected chi connectivity index (χ4v) is 3.87. The lowest BCUT2D eigenvalue weighted by Gasteiger charge is -2.18. The molecular weight excluding hydrogens is 413 g/mol. The number of hydrogen-bond acceptors (Lipinski definition) is 6. The van der Waals surface area contributed by atoms with E-state index in [1.807, 2.05) is 0 Å². The van der Waals surface area contributed by atoms with Gasteiger partial charge in [-0.2, -0.15) is 0 Å². The Balaban J connectivity index is 1.86. The van der Waals surface area contributed by atoms with E-state index >= 15 is 0 Å². The molecule has 140 valence electrons. The first-order chi connectivity index (χ1) is 12.8. The maximum atomic E-state index is 12.5. The highest BCUT2D eigenvalue weighted by Crippen LogP contribution is 2.36. The highest BCUT2D eigenvalue weighted by molar-refractivity contribution is 8.18. The molecule has 2 heterocycles. The van der Waals surface area contributed by atoms with Crippen molar-refractivity contribution in [1.29, 1.82) is 0 Å². The summed E-state index contributed by atoms with van der Waals surface area (Å²) in [4.78, 5) is 37.2. The first-order valence-corrected chi connectivity index (χ1v) is 9.29. The van der Waals surface area contributed by atoms with Crippen molar-refractivity contribution in [3.63, 3.8) is 0 Å². The molecule has 1 aromatic heterocycles. The van der Waals surface area contributed by atoms with Gasteiger partial charge in [0.05, 0.1) is 17.0 Å². The second-order valence-electron chi connectivity index (χ2n) is 5.58. The molecule has 0 aliphatic carbocycles. The molecule has 2 amide bonds. The van der Waals surface area contributed by atoms with Gasteiger partial charge in [0.2, 0.25) is 0 Å². The van der Waals surface area contributed by atoms with Gasteiger partial charge < -0.3 is 9.15 Å². The minimum absolute atomic E-state index is 0.152. The monoisotopic (exact) mass is 425 g/mol. The predicted octanol–water partition coefficient (Wildman–Crippen LogP) is 4.85. The van der Waals surface area contributed by atoms with Crippen molar-refractivity contribution in [2.75, 3.05) is 7.11 Å². The van der Waals surface area contributed by atoms with Crippen LogP contribution in [0.3, 0.4) is 0 Å². The Kier molecular flexibility index (Phi) is 5.64. The molecule has 1 unspecified atom stereocenters. The van der Waals surface area contributed by atoms with Crippen LogP contribution in [0.4, 0.5) is 4.79 Å². The van der Waals surface area contributed by atoms with Crippen LogP contribution in [-0.4, -0.2) is 35.2 Å². The van der Waals surface area contributed by atoms with Crippen molar-refractivity contribution in [2.24, 2.45) is 0 Å². The fraction of sp³-hybridized carbons (Fsp3) is 0.167. The normalized spacial score (nSPS) is 16.9. The molecule has 9 heteroatoms. The number of ether oxygens (including phenoxy) is 1. The van der Waals surface area contributed by atoms with Gasteiger partial charge in [0, 0.05) is 16.7 Å². The average Bonchev–Trinajstić information content (AvgIpc) is 3.18. The summed E-state index contributed by atoms with van der Waals surface area (Å²) in [5, 5.41) is 0.385. The third-order valence-corrected chi connectivity index (χ3v) is 5.28. The maximum Gasteiger partial charge on any atom is 0.328 e. The molecule has 1 aliphatic rings. The van der Waals surface area contributed by atoms with E-state index in [1.54, 1.807) is 30.3 Å². The van der Waals surface area contributed by atoms with Crippen LogP contribution in [0, 0.1) is 0 Å². The van der Waals surface area contributed by atoms with Crippen LogP contribution >= 0.6 is 35.0 Å². The van der Waals surface area contributed by atoms with E-state index in [0.717, 1.165) is 16.7 Å². The number of nitrogens with zero attached hydrogens (tertiary/aromatic N) is 1. The van der Waals surface area contributed by atoms with Gasteiger partial charge in [-0.05, 0) is 49.0 Å². The number of amides is 2. The number of thioether (sulfide) groups is 1. The molecule has 0 saturated carbocycles. The van der Waals surface area contributed by atoms with Gasteiger partial charge in [0.25, 0.3) is 11.1 Å². The largest absolute Gasteiger partial charge is 0.467 e. The Morgan fingerprint density at radius 3 is 2.67 bits per heavy atom. The summed E-state index contributed by atoms with van der Waals surface area (Å²) in [6.07, 6.45) is 1.45. The molecule has 0 spiro atoms. The number of furan rings is 1. The average molecular weight is 426 g/mol. The summed E-state index contributed by atoms with van der Waals surface area (Å²) in [6.45, 7) is 1.43. The summed E-state index contributed by atoms with van der Waals surface area (Å²) in [6, 6.07) is 7.35. The number of benzene rings is 1. The molecule has 6 nitrogen and oxygen atoms in total. The number of hydrogen-bond donors (Lipinski definition) is 0. The quantitative estimate of drug-likeness (QED) is 0.514. The number of halogens is 2. The van der Waals surface area contributed by atoms with E-state index < -0.39 is 23.2 Å². The molecule has 0 N–H and O–H groups in total. The van der Waals surface area contributed by atoms with E-state index in [1.165, 1.54) is 20.1 Å². The van der Waals surface area contributed by atoms with E-state index in [0.29, 0.717) is 27.1 Å². The van der Waals surface area contributed by atoms with E-state index in [4.69, 9.17) is 27.6 Å². The topological polar surface area (TPSA) is 76.8 Å². The standard InChI is InChI=1S/C18H13Cl2NO5S/c1-9(17(23)25-2)21-16(22)15(27-18(21)24)8-11-4-6-14(26-11)12-5-3-10(19)7-13(12)20/h3-9H,1-2H3. The minimum atomic E-state index is -1.01. The van der Waals surface area contributed by atoms with Crippen LogP contribution in [0.2, 0.25) is 10.0 Å². The maximum absolute atomic E-state index is 12.5. The van der Waals surface area contributed by atoms with Gasteiger partial charge in [-0.25, -0.2) is 4.79 Å². The Bertz CT molecular complexity index is 968. The first kappa shape index (κ1) is 19.5. The van der Waals surface area contributed by atoms with Gasteiger partial charge >= 0.3 is 5.97 Å². The lowest BCUT2D eigenvalue weighted by Crippen LogP contribution is -2.42. The first-order valence-electron chi connectivity index (χ1n) is 7.72. The Labute approximate surface area is 169 Å². The smallest absolute Gasteiger partial charge is 0.328 e. The van der Waals surface area contributed by atoms with Crippen LogP contribution in [0.15, 0.2) is 39.7 Å². The van der Waals surface area contributed by atoms with Crippen LogP contribution < -0.4 is 0 Å². The molecule has 2 aromatic rings. The molecule has 1 aliphatic heterocycles. The van der Waals surface area contributed by atoms with Gasteiger partial charge in [-0.1, -0.05) is 23.2 Å². The number of rotatable bonds is 4. The second kappa shape index (κ2) is 7.80. The van der Waals surface area contributed by atoms with Crippen LogP contribution in [0.25, 0.3) is 17.4 Å². The summed E-state index contributed by atoms with van der Waals surface area (Å²) in [5.74, 6) is -0.390. The van der Waals surface area contributed by atoms with Gasteiger partial charge in [0.1, 0.15) is 17.6 Å². The van der Waals surface area contributed by atoms with Crippen LogP contribution in [-0.2, 0) is 14.3 Å². The molecule has 3 rings (SSSR count). The Hall–Kier alpha value is -2.22. The summed E-state index contributed by atoms with van der Waals surface area (Å²) >= 11 is 12.8. The Morgan fingerprint density at radius 1 is 1.26 bits per heavy atom. The zero-order valence-corrected chi connectivity index (χ0v) is 16.5. The minimum Gasteiger partial charge on any atom is -0.467 e. The highest BCUT2D eigenvalue weighted by atomic mass is 35.5. The van der Waals surface area contributed by atoms with E-state index in [2.05, 4.69) is 4.74 Å². The molecule has 1 aromatic carbocycles. The molecule has 27 heavy (non-hydrogen) atoms. The third-order valence-electron chi connectivity index (χ3n) is 3.85. The summed E-state index contributed by atoms with van der Waals surface area (Å²) < 4.78 is 10.3.